The van der Waals surface area contributed by atoms with Crippen LogP contribution in [-0.2, 0) is 0 Å². The molecule has 20 heavy (non-hydrogen) atoms. The molecule has 1 aromatic carbocycles. The quantitative estimate of drug-likeness (QED) is 0.662. The molecular weight excluding hydrogens is 326 g/mol. The lowest BCUT2D eigenvalue weighted by molar-refractivity contribution is -0.385. The van der Waals surface area contributed by atoms with Crippen LogP contribution in [0.4, 0.5) is 16.2 Å². The maximum atomic E-state index is 12.2. The van der Waals surface area contributed by atoms with Gasteiger partial charge in [0.05, 0.1) is 9.40 Å². The summed E-state index contributed by atoms with van der Waals surface area (Å²) in [6.45, 7) is 0.801. The number of carbonyl (C=O) groups is 1. The summed E-state index contributed by atoms with van der Waals surface area (Å²) in [5, 5.41) is 13.6. The van der Waals surface area contributed by atoms with Gasteiger partial charge in [-0.3, -0.25) is 10.1 Å². The molecule has 1 saturated carbocycles. The van der Waals surface area contributed by atoms with E-state index in [9.17, 15) is 14.9 Å². The first-order valence-corrected chi connectivity index (χ1v) is 7.35. The highest BCUT2D eigenvalue weighted by Gasteiger charge is 2.40. The molecule has 0 radical (unpaired) electrons. The van der Waals surface area contributed by atoms with E-state index in [4.69, 9.17) is 0 Å². The number of nitro benzene ring substituents is 1. The van der Waals surface area contributed by atoms with E-state index in [-0.39, 0.29) is 11.7 Å². The number of carbonyl (C=O) groups excluding carboxylic acids is 1. The van der Waals surface area contributed by atoms with E-state index >= 15 is 0 Å². The summed E-state index contributed by atoms with van der Waals surface area (Å²) >= 11 is 3.13. The Morgan fingerprint density at radius 1 is 1.45 bits per heavy atom. The van der Waals surface area contributed by atoms with Gasteiger partial charge in [-0.1, -0.05) is 0 Å². The van der Waals surface area contributed by atoms with Crippen molar-refractivity contribution in [3.05, 3.63) is 32.8 Å². The average molecular weight is 340 g/mol. The zero-order valence-electron chi connectivity index (χ0n) is 10.7. The normalized spacial score (nSPS) is 23.9. The number of hydrogen-bond acceptors (Lipinski definition) is 3. The van der Waals surface area contributed by atoms with Crippen molar-refractivity contribution in [2.75, 3.05) is 11.9 Å². The number of rotatable bonds is 2. The van der Waals surface area contributed by atoms with Crippen molar-refractivity contribution in [3.8, 4) is 0 Å². The molecule has 1 aliphatic carbocycles. The van der Waals surface area contributed by atoms with E-state index in [1.54, 1.807) is 12.1 Å². The first-order valence-electron chi connectivity index (χ1n) is 6.56. The fraction of sp³-hybridized carbons (Fsp3) is 0.462. The highest BCUT2D eigenvalue weighted by molar-refractivity contribution is 9.10. The number of fused-ring (bicyclic) bond motifs is 2. The number of urea groups is 1. The summed E-state index contributed by atoms with van der Waals surface area (Å²) in [6, 6.07) is 4.78. The monoisotopic (exact) mass is 339 g/mol. The fourth-order valence-corrected chi connectivity index (χ4v) is 3.49. The molecule has 0 aromatic heterocycles. The van der Waals surface area contributed by atoms with Gasteiger partial charge in [0, 0.05) is 24.3 Å². The topological polar surface area (TPSA) is 75.5 Å². The molecule has 2 bridgehead atoms. The molecule has 3 rings (SSSR count). The van der Waals surface area contributed by atoms with Crippen molar-refractivity contribution >= 4 is 33.3 Å². The molecule has 1 heterocycles. The molecule has 6 nitrogen and oxygen atoms in total. The summed E-state index contributed by atoms with van der Waals surface area (Å²) in [6.07, 6.45) is 3.37. The molecule has 0 unspecified atom stereocenters. The molecule has 2 aliphatic rings. The molecule has 7 heteroatoms. The Morgan fingerprint density at radius 2 is 2.25 bits per heavy atom. The van der Waals surface area contributed by atoms with Crippen LogP contribution < -0.4 is 5.32 Å². The van der Waals surface area contributed by atoms with Crippen molar-refractivity contribution in [2.24, 2.45) is 5.92 Å². The maximum absolute atomic E-state index is 12.2. The van der Waals surface area contributed by atoms with Crippen molar-refractivity contribution in [1.82, 2.24) is 4.90 Å². The van der Waals surface area contributed by atoms with Crippen LogP contribution >= 0.6 is 15.9 Å². The number of halogens is 1. The van der Waals surface area contributed by atoms with Crippen molar-refractivity contribution in [3.63, 3.8) is 0 Å². The third kappa shape index (κ3) is 2.37. The SMILES string of the molecule is O=C(Nc1ccc(Br)c([N+](=O)[O-])c1)N1C[C@@H]2CC[C@@H]1C2. The van der Waals surface area contributed by atoms with E-state index < -0.39 is 4.92 Å². The Kier molecular flexibility index (Phi) is 3.37. The Hall–Kier alpha value is -1.63. The van der Waals surface area contributed by atoms with Gasteiger partial charge < -0.3 is 10.2 Å². The minimum atomic E-state index is -0.475. The second-order valence-electron chi connectivity index (χ2n) is 5.34. The Bertz CT molecular complexity index is 578. The molecule has 0 spiro atoms. The predicted octanol–water partition coefficient (Wildman–Crippen LogP) is 3.37. The highest BCUT2D eigenvalue weighted by Crippen LogP contribution is 2.37. The van der Waals surface area contributed by atoms with Gasteiger partial charge in [-0.15, -0.1) is 0 Å². The Balaban J connectivity index is 1.73. The Labute approximate surface area is 124 Å². The van der Waals surface area contributed by atoms with Crippen LogP contribution in [0.2, 0.25) is 0 Å². The standard InChI is InChI=1S/C13H14BrN3O3/c14-11-4-2-9(6-12(11)17(19)20)15-13(18)16-7-8-1-3-10(16)5-8/h2,4,6,8,10H,1,3,5,7H2,(H,15,18)/t8-,10-/m1/s1. The molecule has 1 aromatic rings. The third-order valence-electron chi connectivity index (χ3n) is 4.06. The van der Waals surface area contributed by atoms with E-state index in [0.717, 1.165) is 19.4 Å². The van der Waals surface area contributed by atoms with Gasteiger partial charge >= 0.3 is 6.03 Å². The van der Waals surface area contributed by atoms with Crippen molar-refractivity contribution in [1.29, 1.82) is 0 Å². The Morgan fingerprint density at radius 3 is 2.85 bits per heavy atom. The van der Waals surface area contributed by atoms with Gasteiger partial charge in [-0.2, -0.15) is 0 Å². The van der Waals surface area contributed by atoms with Crippen LogP contribution in [-0.4, -0.2) is 28.4 Å². The van der Waals surface area contributed by atoms with Gasteiger partial charge in [0.15, 0.2) is 0 Å². The lowest BCUT2D eigenvalue weighted by Gasteiger charge is -2.27. The summed E-state index contributed by atoms with van der Waals surface area (Å²) in [4.78, 5) is 24.5. The molecule has 1 N–H and O–H groups in total. The molecule has 2 atom stereocenters. The highest BCUT2D eigenvalue weighted by atomic mass is 79.9. The second kappa shape index (κ2) is 5.05. The molecule has 1 saturated heterocycles. The molecule has 2 fully saturated rings. The summed E-state index contributed by atoms with van der Waals surface area (Å²) in [7, 11) is 0. The van der Waals surface area contributed by atoms with E-state index in [1.807, 2.05) is 4.90 Å². The molecule has 1 aliphatic heterocycles. The fourth-order valence-electron chi connectivity index (χ4n) is 3.10. The van der Waals surface area contributed by atoms with Gasteiger partial charge in [0.2, 0.25) is 0 Å². The van der Waals surface area contributed by atoms with Gasteiger partial charge in [0.1, 0.15) is 0 Å². The van der Waals surface area contributed by atoms with Gasteiger partial charge in [-0.05, 0) is 53.2 Å². The first kappa shape index (κ1) is 13.4. The van der Waals surface area contributed by atoms with Crippen LogP contribution in [0.3, 0.4) is 0 Å². The van der Waals surface area contributed by atoms with E-state index in [2.05, 4.69) is 21.2 Å². The molecular formula is C13H14BrN3O3. The third-order valence-corrected chi connectivity index (χ3v) is 4.73. The van der Waals surface area contributed by atoms with Crippen molar-refractivity contribution < 1.29 is 9.72 Å². The minimum Gasteiger partial charge on any atom is -0.321 e. The van der Waals surface area contributed by atoms with Crippen LogP contribution in [0.15, 0.2) is 22.7 Å². The van der Waals surface area contributed by atoms with Crippen molar-refractivity contribution in [2.45, 2.75) is 25.3 Å². The summed E-state index contributed by atoms with van der Waals surface area (Å²) in [5.41, 5.74) is 0.401. The number of piperidine rings is 1. The minimum absolute atomic E-state index is 0.0502. The van der Waals surface area contributed by atoms with Gasteiger partial charge in [-0.25, -0.2) is 4.79 Å². The number of nitrogens with one attached hydrogen (secondary N) is 1. The molecule has 106 valence electrons. The molecule has 2 amide bonds. The number of amides is 2. The number of nitrogens with zero attached hydrogens (tertiary/aromatic N) is 2. The predicted molar refractivity (Wildman–Crippen MR) is 77.7 cm³/mol. The second-order valence-corrected chi connectivity index (χ2v) is 6.19. The van der Waals surface area contributed by atoms with E-state index in [0.29, 0.717) is 22.1 Å². The number of benzene rings is 1. The first-order chi connectivity index (χ1) is 9.54. The number of nitro groups is 1. The van der Waals surface area contributed by atoms with Crippen LogP contribution in [0.1, 0.15) is 19.3 Å². The smallest absolute Gasteiger partial charge is 0.321 e. The number of anilines is 1. The lowest BCUT2D eigenvalue weighted by Crippen LogP contribution is -2.40. The summed E-state index contributed by atoms with van der Waals surface area (Å²) < 4.78 is 0.403. The van der Waals surface area contributed by atoms with Gasteiger partial charge in [0.25, 0.3) is 5.69 Å². The number of hydrogen-bond donors (Lipinski definition) is 1. The maximum Gasteiger partial charge on any atom is 0.322 e. The van der Waals surface area contributed by atoms with Crippen LogP contribution in [0, 0.1) is 16.0 Å². The zero-order valence-corrected chi connectivity index (χ0v) is 12.3. The van der Waals surface area contributed by atoms with E-state index in [1.165, 1.54) is 12.5 Å². The largest absolute Gasteiger partial charge is 0.322 e. The lowest BCUT2D eigenvalue weighted by atomic mass is 10.1. The van der Waals surface area contributed by atoms with Crippen LogP contribution in [0.25, 0.3) is 0 Å². The average Bonchev–Trinajstić information content (AvgIpc) is 3.03. The number of likely N-dealkylation sites (tertiary alicyclic amines) is 1. The zero-order chi connectivity index (χ0) is 14.3. The van der Waals surface area contributed by atoms with Crippen LogP contribution in [0.5, 0.6) is 0 Å². The summed E-state index contributed by atoms with van der Waals surface area (Å²) in [5.74, 6) is 0.630.